The Balaban J connectivity index is 2.10. The highest BCUT2D eigenvalue weighted by atomic mass is 15.2. The molecule has 1 heterocycles. The second kappa shape index (κ2) is 5.85. The van der Waals surface area contributed by atoms with E-state index >= 15 is 0 Å². The fourth-order valence-electron chi connectivity index (χ4n) is 2.15. The van der Waals surface area contributed by atoms with E-state index < -0.39 is 0 Å². The van der Waals surface area contributed by atoms with Crippen LogP contribution in [0.5, 0.6) is 0 Å². The number of para-hydroxylation sites is 1. The lowest BCUT2D eigenvalue weighted by molar-refractivity contribution is 1.18. The average Bonchev–Trinajstić information content (AvgIpc) is 2.58. The van der Waals surface area contributed by atoms with Gasteiger partial charge in [0.05, 0.1) is 0 Å². The van der Waals surface area contributed by atoms with E-state index in [1.54, 1.807) is 18.3 Å². The summed E-state index contributed by atoms with van der Waals surface area (Å²) >= 11 is 0. The van der Waals surface area contributed by atoms with Gasteiger partial charge in [-0.2, -0.15) is 0 Å². The Morgan fingerprint density at radius 3 is 2.05 bits per heavy atom. The molecule has 3 aromatic rings. The topological polar surface area (TPSA) is 44.3 Å². The van der Waals surface area contributed by atoms with Gasteiger partial charge in [-0.05, 0) is 36.4 Å². The standard InChI is InChI=1S/C17H13N4/c18-20-14-9-11-16(12-10-14)21(15-6-2-1-3-7-15)17-8-4-5-13-19-17/h1-13H/q+1. The van der Waals surface area contributed by atoms with Crippen molar-refractivity contribution in [2.45, 2.75) is 0 Å². The van der Waals surface area contributed by atoms with Gasteiger partial charge in [0, 0.05) is 29.7 Å². The Morgan fingerprint density at radius 1 is 0.762 bits per heavy atom. The summed E-state index contributed by atoms with van der Waals surface area (Å²) in [6.07, 6.45) is 1.77. The summed E-state index contributed by atoms with van der Waals surface area (Å²) in [4.78, 5) is 9.65. The number of diazo groups is 1. The van der Waals surface area contributed by atoms with Crippen LogP contribution in [0.15, 0.2) is 79.0 Å². The van der Waals surface area contributed by atoms with Gasteiger partial charge in [0.1, 0.15) is 5.82 Å². The molecule has 21 heavy (non-hydrogen) atoms. The summed E-state index contributed by atoms with van der Waals surface area (Å²) in [6, 6.07) is 23.1. The van der Waals surface area contributed by atoms with Crippen molar-refractivity contribution in [3.63, 3.8) is 0 Å². The van der Waals surface area contributed by atoms with Crippen molar-refractivity contribution in [1.29, 1.82) is 5.39 Å². The molecule has 0 spiro atoms. The van der Waals surface area contributed by atoms with Crippen molar-refractivity contribution in [3.8, 4) is 0 Å². The molecular weight excluding hydrogens is 260 g/mol. The van der Waals surface area contributed by atoms with Crippen LogP contribution in [-0.4, -0.2) is 4.98 Å². The molecule has 0 unspecified atom stereocenters. The molecule has 0 fully saturated rings. The first kappa shape index (κ1) is 12.8. The van der Waals surface area contributed by atoms with E-state index in [0.717, 1.165) is 17.2 Å². The Kier molecular flexibility index (Phi) is 3.57. The van der Waals surface area contributed by atoms with Crippen molar-refractivity contribution in [2.75, 3.05) is 4.90 Å². The number of nitrogens with zero attached hydrogens (tertiary/aromatic N) is 4. The molecule has 0 aliphatic carbocycles. The summed E-state index contributed by atoms with van der Waals surface area (Å²) in [5, 5.41) is 8.80. The maximum absolute atomic E-state index is 8.80. The Hall–Kier alpha value is -3.19. The summed E-state index contributed by atoms with van der Waals surface area (Å²) < 4.78 is 0. The van der Waals surface area contributed by atoms with Crippen molar-refractivity contribution in [3.05, 3.63) is 84.0 Å². The molecule has 0 aliphatic rings. The van der Waals surface area contributed by atoms with Crippen LogP contribution in [0.2, 0.25) is 0 Å². The van der Waals surface area contributed by atoms with E-state index in [1.807, 2.05) is 65.6 Å². The number of hydrogen-bond acceptors (Lipinski definition) is 3. The zero-order chi connectivity index (χ0) is 14.5. The van der Waals surface area contributed by atoms with Crippen LogP contribution >= 0.6 is 0 Å². The lowest BCUT2D eigenvalue weighted by atomic mass is 10.2. The summed E-state index contributed by atoms with van der Waals surface area (Å²) in [5.74, 6) is 0.831. The van der Waals surface area contributed by atoms with Crippen LogP contribution < -0.4 is 4.90 Å². The molecule has 4 nitrogen and oxygen atoms in total. The largest absolute Gasteiger partial charge is 0.385 e. The first-order chi connectivity index (χ1) is 10.4. The third-order valence-electron chi connectivity index (χ3n) is 3.12. The second-order valence-electron chi connectivity index (χ2n) is 4.48. The van der Waals surface area contributed by atoms with E-state index in [2.05, 4.69) is 9.96 Å². The number of anilines is 3. The molecule has 0 bridgehead atoms. The maximum atomic E-state index is 8.80. The van der Waals surface area contributed by atoms with Gasteiger partial charge in [0.2, 0.25) is 5.39 Å². The highest BCUT2D eigenvalue weighted by Crippen LogP contribution is 2.33. The van der Waals surface area contributed by atoms with Crippen molar-refractivity contribution >= 4 is 22.9 Å². The Morgan fingerprint density at radius 2 is 1.43 bits per heavy atom. The minimum absolute atomic E-state index is 0.521. The number of rotatable bonds is 3. The smallest absolute Gasteiger partial charge is 0.295 e. The first-order valence-corrected chi connectivity index (χ1v) is 6.60. The highest BCUT2D eigenvalue weighted by Gasteiger charge is 2.14. The van der Waals surface area contributed by atoms with Gasteiger partial charge < -0.3 is 0 Å². The quantitative estimate of drug-likeness (QED) is 0.628. The van der Waals surface area contributed by atoms with Crippen LogP contribution in [0.4, 0.5) is 22.9 Å². The molecule has 0 saturated carbocycles. The second-order valence-corrected chi connectivity index (χ2v) is 4.48. The van der Waals surface area contributed by atoms with Gasteiger partial charge in [0.15, 0.2) is 4.98 Å². The summed E-state index contributed by atoms with van der Waals surface area (Å²) in [5.41, 5.74) is 2.49. The van der Waals surface area contributed by atoms with E-state index in [0.29, 0.717) is 5.69 Å². The minimum atomic E-state index is 0.521. The molecule has 2 aromatic carbocycles. The van der Waals surface area contributed by atoms with Gasteiger partial charge in [0.25, 0.3) is 0 Å². The third-order valence-corrected chi connectivity index (χ3v) is 3.12. The lowest BCUT2D eigenvalue weighted by Gasteiger charge is -2.23. The summed E-state index contributed by atoms with van der Waals surface area (Å²) in [6.45, 7) is 0. The molecule has 0 radical (unpaired) electrons. The van der Waals surface area contributed by atoms with Crippen molar-refractivity contribution in [2.24, 2.45) is 0 Å². The molecule has 1 aromatic heterocycles. The highest BCUT2D eigenvalue weighted by molar-refractivity contribution is 5.75. The zero-order valence-corrected chi connectivity index (χ0v) is 11.3. The van der Waals surface area contributed by atoms with E-state index in [-0.39, 0.29) is 0 Å². The van der Waals surface area contributed by atoms with Gasteiger partial charge in [-0.1, -0.05) is 24.3 Å². The normalized spacial score (nSPS) is 9.86. The monoisotopic (exact) mass is 273 g/mol. The van der Waals surface area contributed by atoms with Crippen LogP contribution in [0, 0.1) is 5.39 Å². The molecule has 0 atom stereocenters. The lowest BCUT2D eigenvalue weighted by Crippen LogP contribution is -2.10. The van der Waals surface area contributed by atoms with Gasteiger partial charge in [-0.3, -0.25) is 4.90 Å². The Labute approximate surface area is 122 Å². The molecule has 100 valence electrons. The van der Waals surface area contributed by atoms with Gasteiger partial charge in [-0.25, -0.2) is 4.98 Å². The third kappa shape index (κ3) is 2.72. The van der Waals surface area contributed by atoms with Gasteiger partial charge >= 0.3 is 5.69 Å². The summed E-state index contributed by atoms with van der Waals surface area (Å²) in [7, 11) is 0. The van der Waals surface area contributed by atoms with Crippen molar-refractivity contribution < 1.29 is 0 Å². The number of benzene rings is 2. The minimum Gasteiger partial charge on any atom is -0.295 e. The van der Waals surface area contributed by atoms with Gasteiger partial charge in [-0.15, -0.1) is 0 Å². The zero-order valence-electron chi connectivity index (χ0n) is 11.3. The average molecular weight is 273 g/mol. The SMILES string of the molecule is N#[N+]c1ccc(N(c2ccccc2)c2ccccn2)cc1. The fraction of sp³-hybridized carbons (Fsp3) is 0. The van der Waals surface area contributed by atoms with E-state index in [4.69, 9.17) is 5.39 Å². The number of aromatic nitrogens is 1. The Bertz CT molecular complexity index is 707. The molecule has 0 aliphatic heterocycles. The predicted octanol–water partition coefficient (Wildman–Crippen LogP) is 5.04. The molecule has 3 rings (SSSR count). The number of hydrogen-bond donors (Lipinski definition) is 0. The molecule has 0 saturated heterocycles. The maximum Gasteiger partial charge on any atom is 0.385 e. The number of pyridine rings is 1. The molecule has 0 amide bonds. The molecule has 4 heteroatoms. The molecule has 0 N–H and O–H groups in total. The van der Waals surface area contributed by atoms with Crippen LogP contribution in [0.3, 0.4) is 0 Å². The van der Waals surface area contributed by atoms with Crippen molar-refractivity contribution in [1.82, 2.24) is 4.98 Å². The first-order valence-electron chi connectivity index (χ1n) is 6.60. The van der Waals surface area contributed by atoms with E-state index in [1.165, 1.54) is 0 Å². The predicted molar refractivity (Wildman–Crippen MR) is 83.7 cm³/mol. The van der Waals surface area contributed by atoms with Crippen LogP contribution in [-0.2, 0) is 0 Å². The van der Waals surface area contributed by atoms with Crippen LogP contribution in [0.1, 0.15) is 0 Å². The van der Waals surface area contributed by atoms with E-state index in [9.17, 15) is 0 Å². The molecular formula is C17H13N4+. The fourth-order valence-corrected chi connectivity index (χ4v) is 2.15. The van der Waals surface area contributed by atoms with Crippen LogP contribution in [0.25, 0.3) is 4.98 Å².